The SMILES string of the molecule is Cc1nc(NC2CNCC23CC3)ccc1-c1nc(C(F)F)n(C)n1. The van der Waals surface area contributed by atoms with E-state index in [0.29, 0.717) is 17.0 Å². The second-order valence-electron chi connectivity index (χ2n) is 6.74. The molecule has 1 saturated heterocycles. The van der Waals surface area contributed by atoms with E-state index in [2.05, 4.69) is 25.7 Å². The molecule has 8 heteroatoms. The lowest BCUT2D eigenvalue weighted by Gasteiger charge is -2.20. The summed E-state index contributed by atoms with van der Waals surface area (Å²) in [5.74, 6) is 0.756. The molecule has 1 aliphatic heterocycles. The third kappa shape index (κ3) is 2.54. The predicted molar refractivity (Wildman–Crippen MR) is 85.9 cm³/mol. The van der Waals surface area contributed by atoms with Gasteiger partial charge in [-0.05, 0) is 31.9 Å². The van der Waals surface area contributed by atoms with Gasteiger partial charge in [0.05, 0.1) is 5.69 Å². The van der Waals surface area contributed by atoms with E-state index in [4.69, 9.17) is 0 Å². The zero-order valence-corrected chi connectivity index (χ0v) is 13.7. The van der Waals surface area contributed by atoms with E-state index >= 15 is 0 Å². The highest BCUT2D eigenvalue weighted by atomic mass is 19.3. The van der Waals surface area contributed by atoms with E-state index in [1.165, 1.54) is 19.9 Å². The van der Waals surface area contributed by atoms with Gasteiger partial charge in [0, 0.05) is 37.2 Å². The summed E-state index contributed by atoms with van der Waals surface area (Å²) in [7, 11) is 1.47. The number of nitrogens with zero attached hydrogens (tertiary/aromatic N) is 4. The summed E-state index contributed by atoms with van der Waals surface area (Å²) in [6.07, 6.45) is -0.138. The number of alkyl halides is 2. The number of rotatable bonds is 4. The Morgan fingerprint density at radius 2 is 2.12 bits per heavy atom. The second-order valence-corrected chi connectivity index (χ2v) is 6.74. The molecule has 0 aromatic carbocycles. The molecule has 1 saturated carbocycles. The van der Waals surface area contributed by atoms with Crippen molar-refractivity contribution >= 4 is 5.82 Å². The maximum atomic E-state index is 12.9. The molecule has 2 aromatic rings. The van der Waals surface area contributed by atoms with Crippen LogP contribution in [0.3, 0.4) is 0 Å². The Kier molecular flexibility index (Phi) is 3.52. The average Bonchev–Trinajstić information content (AvgIpc) is 3.05. The first-order chi connectivity index (χ1) is 11.5. The molecule has 24 heavy (non-hydrogen) atoms. The van der Waals surface area contributed by atoms with Crippen LogP contribution in [0.1, 0.15) is 30.8 Å². The molecule has 1 aliphatic carbocycles. The van der Waals surface area contributed by atoms with E-state index in [0.717, 1.165) is 29.3 Å². The van der Waals surface area contributed by atoms with Gasteiger partial charge in [-0.1, -0.05) is 0 Å². The van der Waals surface area contributed by atoms with E-state index in [1.807, 2.05) is 19.1 Å². The summed E-state index contributed by atoms with van der Waals surface area (Å²) in [6.45, 7) is 3.86. The van der Waals surface area contributed by atoms with Crippen molar-refractivity contribution in [1.82, 2.24) is 25.1 Å². The van der Waals surface area contributed by atoms with Crippen LogP contribution < -0.4 is 10.6 Å². The number of hydrogen-bond donors (Lipinski definition) is 2. The Bertz CT molecular complexity index is 768. The van der Waals surface area contributed by atoms with Crippen molar-refractivity contribution in [3.8, 4) is 11.4 Å². The fraction of sp³-hybridized carbons (Fsp3) is 0.562. The van der Waals surface area contributed by atoms with Crippen molar-refractivity contribution in [1.29, 1.82) is 0 Å². The molecule has 6 nitrogen and oxygen atoms in total. The Balaban J connectivity index is 1.57. The van der Waals surface area contributed by atoms with Gasteiger partial charge in [-0.2, -0.15) is 5.10 Å². The van der Waals surface area contributed by atoms with Gasteiger partial charge < -0.3 is 10.6 Å². The highest BCUT2D eigenvalue weighted by Crippen LogP contribution is 2.51. The summed E-state index contributed by atoms with van der Waals surface area (Å²) < 4.78 is 26.9. The number of pyridine rings is 1. The number of halogens is 2. The monoisotopic (exact) mass is 334 g/mol. The van der Waals surface area contributed by atoms with Crippen LogP contribution in [0.15, 0.2) is 12.1 Å². The molecule has 2 N–H and O–H groups in total. The molecular weight excluding hydrogens is 314 g/mol. The Labute approximate surface area is 138 Å². The standard InChI is InChI=1S/C16H20F2N6/c1-9-10(14-22-15(13(17)18)24(2)23-14)3-4-12(20-9)21-11-7-19-8-16(11)5-6-16/h3-4,11,13,19H,5-8H2,1-2H3,(H,20,21). The van der Waals surface area contributed by atoms with Gasteiger partial charge in [0.2, 0.25) is 0 Å². The van der Waals surface area contributed by atoms with E-state index in [1.54, 1.807) is 0 Å². The molecule has 0 amide bonds. The lowest BCUT2D eigenvalue weighted by Crippen LogP contribution is -2.29. The zero-order valence-electron chi connectivity index (χ0n) is 13.7. The van der Waals surface area contributed by atoms with Crippen molar-refractivity contribution in [2.75, 3.05) is 18.4 Å². The fourth-order valence-corrected chi connectivity index (χ4v) is 3.45. The molecular formula is C16H20F2N6. The first-order valence-electron chi connectivity index (χ1n) is 8.13. The van der Waals surface area contributed by atoms with Crippen molar-refractivity contribution < 1.29 is 8.78 Å². The lowest BCUT2D eigenvalue weighted by atomic mass is 10.0. The molecule has 128 valence electrons. The molecule has 1 unspecified atom stereocenters. The minimum Gasteiger partial charge on any atom is -0.365 e. The van der Waals surface area contributed by atoms with Crippen molar-refractivity contribution in [2.24, 2.45) is 12.5 Å². The number of hydrogen-bond acceptors (Lipinski definition) is 5. The molecule has 2 aromatic heterocycles. The van der Waals surface area contributed by atoms with Crippen molar-refractivity contribution in [3.05, 3.63) is 23.7 Å². The van der Waals surface area contributed by atoms with E-state index in [9.17, 15) is 8.78 Å². The molecule has 1 spiro atoms. The van der Waals surface area contributed by atoms with Gasteiger partial charge in [-0.25, -0.2) is 23.4 Å². The molecule has 2 fully saturated rings. The van der Waals surface area contributed by atoms with E-state index in [-0.39, 0.29) is 11.6 Å². The van der Waals surface area contributed by atoms with Crippen LogP contribution in [0.25, 0.3) is 11.4 Å². The van der Waals surface area contributed by atoms with Crippen LogP contribution in [-0.2, 0) is 7.05 Å². The van der Waals surface area contributed by atoms with Crippen LogP contribution in [0.4, 0.5) is 14.6 Å². The summed E-state index contributed by atoms with van der Waals surface area (Å²) in [6, 6.07) is 4.11. The summed E-state index contributed by atoms with van der Waals surface area (Å²) in [5.41, 5.74) is 1.79. The second kappa shape index (κ2) is 5.47. The van der Waals surface area contributed by atoms with Crippen molar-refractivity contribution in [2.45, 2.75) is 32.2 Å². The topological polar surface area (TPSA) is 67.7 Å². The van der Waals surface area contributed by atoms with Crippen LogP contribution in [0.5, 0.6) is 0 Å². The Morgan fingerprint density at radius 1 is 1.33 bits per heavy atom. The van der Waals surface area contributed by atoms with Crippen molar-refractivity contribution in [3.63, 3.8) is 0 Å². The molecule has 2 aliphatic rings. The summed E-state index contributed by atoms with van der Waals surface area (Å²) in [5, 5.41) is 11.0. The zero-order chi connectivity index (χ0) is 16.9. The maximum Gasteiger partial charge on any atom is 0.297 e. The van der Waals surface area contributed by atoms with Gasteiger partial charge in [-0.3, -0.25) is 0 Å². The van der Waals surface area contributed by atoms with Gasteiger partial charge in [0.15, 0.2) is 11.6 Å². The largest absolute Gasteiger partial charge is 0.365 e. The van der Waals surface area contributed by atoms with Gasteiger partial charge in [0.1, 0.15) is 5.82 Å². The smallest absolute Gasteiger partial charge is 0.297 e. The summed E-state index contributed by atoms with van der Waals surface area (Å²) >= 11 is 0. The predicted octanol–water partition coefficient (Wildman–Crippen LogP) is 2.29. The number of aromatic nitrogens is 4. The average molecular weight is 334 g/mol. The lowest BCUT2D eigenvalue weighted by molar-refractivity contribution is 0.135. The number of nitrogens with one attached hydrogen (secondary N) is 2. The van der Waals surface area contributed by atoms with Gasteiger partial charge >= 0.3 is 0 Å². The normalized spacial score (nSPS) is 21.6. The molecule has 1 atom stereocenters. The molecule has 3 heterocycles. The Morgan fingerprint density at radius 3 is 2.75 bits per heavy atom. The van der Waals surface area contributed by atoms with Crippen LogP contribution in [0, 0.1) is 12.3 Å². The minimum absolute atomic E-state index is 0.283. The third-order valence-electron chi connectivity index (χ3n) is 5.10. The number of anilines is 1. The first-order valence-corrected chi connectivity index (χ1v) is 8.13. The third-order valence-corrected chi connectivity index (χ3v) is 5.10. The highest BCUT2D eigenvalue weighted by molar-refractivity contribution is 5.60. The summed E-state index contributed by atoms with van der Waals surface area (Å²) in [4.78, 5) is 8.51. The maximum absolute atomic E-state index is 12.9. The molecule has 0 radical (unpaired) electrons. The van der Waals surface area contributed by atoms with Crippen LogP contribution in [0.2, 0.25) is 0 Å². The van der Waals surface area contributed by atoms with Crippen LogP contribution in [-0.4, -0.2) is 38.9 Å². The molecule has 4 rings (SSSR count). The fourth-order valence-electron chi connectivity index (χ4n) is 3.45. The number of aryl methyl sites for hydroxylation is 2. The highest BCUT2D eigenvalue weighted by Gasteiger charge is 2.52. The van der Waals surface area contributed by atoms with Gasteiger partial charge in [-0.15, -0.1) is 0 Å². The van der Waals surface area contributed by atoms with Gasteiger partial charge in [0.25, 0.3) is 6.43 Å². The molecule has 0 bridgehead atoms. The van der Waals surface area contributed by atoms with E-state index < -0.39 is 6.43 Å². The van der Waals surface area contributed by atoms with Crippen LogP contribution >= 0.6 is 0 Å². The first kappa shape index (κ1) is 15.4. The minimum atomic E-state index is -2.64. The quantitative estimate of drug-likeness (QED) is 0.898. The Hall–Kier alpha value is -2.09.